The number of amides is 2. The highest BCUT2D eigenvalue weighted by Gasteiger charge is 2.53. The number of nitrogens with one attached hydrogen (secondary N) is 1. The Hall–Kier alpha value is -3.62. The van der Waals surface area contributed by atoms with Crippen LogP contribution < -0.4 is 11.1 Å². The third-order valence-electron chi connectivity index (χ3n) is 4.96. The number of thioether (sulfide) groups is 1. The van der Waals surface area contributed by atoms with E-state index >= 15 is 0 Å². The Morgan fingerprint density at radius 2 is 1.97 bits per heavy atom. The number of rotatable bonds is 8. The van der Waals surface area contributed by atoms with Gasteiger partial charge in [-0.25, -0.2) is 14.6 Å². The minimum Gasteiger partial charge on any atom is -0.424 e. The summed E-state index contributed by atoms with van der Waals surface area (Å²) in [5.74, 6) is -2.37. The Morgan fingerprint density at radius 1 is 1.25 bits per heavy atom. The Morgan fingerprint density at radius 3 is 2.64 bits per heavy atom. The molecule has 3 heterocycles. The standard InChI is InChI=1S/C21H18ClN5O7S2/c1-32-26-14(12-8-36-21(23)24-12)16(28)25-15-17(29)27-13(6-7-35-18(15)27)20(31)34-9-33-19(30)10-2-4-11(22)5-3-10/h2-6,8,15,18H,7,9H2,1H3,(H2,23,24)(H,25,28)/b26-14-/t15-,18-/m1/s1. The van der Waals surface area contributed by atoms with Crippen molar-refractivity contribution in [2.45, 2.75) is 11.4 Å². The van der Waals surface area contributed by atoms with Crippen LogP contribution in [0.4, 0.5) is 5.13 Å². The summed E-state index contributed by atoms with van der Waals surface area (Å²) in [5, 5.41) is 7.98. The SMILES string of the molecule is CO/N=C(\C(=O)N[C@@H]1C(=O)N2C(C(=O)OCOC(=O)c3ccc(Cl)cc3)=CCS[C@H]12)c1csc(N)n1. The van der Waals surface area contributed by atoms with Crippen molar-refractivity contribution in [2.75, 3.05) is 25.4 Å². The summed E-state index contributed by atoms with van der Waals surface area (Å²) >= 11 is 8.25. The zero-order valence-corrected chi connectivity index (χ0v) is 20.9. The fourth-order valence-corrected chi connectivity index (χ4v) is 5.18. The second-order valence-corrected chi connectivity index (χ2v) is 9.63. The van der Waals surface area contributed by atoms with Gasteiger partial charge in [-0.2, -0.15) is 0 Å². The van der Waals surface area contributed by atoms with E-state index in [1.165, 1.54) is 59.5 Å². The number of halogens is 1. The van der Waals surface area contributed by atoms with Crippen LogP contribution in [0.3, 0.4) is 0 Å². The number of hydrogen-bond acceptors (Lipinski definition) is 12. The van der Waals surface area contributed by atoms with Gasteiger partial charge in [0.2, 0.25) is 6.79 Å². The number of oxime groups is 1. The molecule has 4 rings (SSSR count). The number of carbonyl (C=O) groups is 4. The number of β-lactam (4-membered cyclic amide) rings is 1. The highest BCUT2D eigenvalue weighted by molar-refractivity contribution is 8.00. The molecule has 2 aliphatic heterocycles. The summed E-state index contributed by atoms with van der Waals surface area (Å²) in [6, 6.07) is 5.07. The van der Waals surface area contributed by atoms with Crippen LogP contribution in [0.2, 0.25) is 5.02 Å². The van der Waals surface area contributed by atoms with Crippen LogP contribution >= 0.6 is 34.7 Å². The molecule has 2 atom stereocenters. The van der Waals surface area contributed by atoms with E-state index in [1.807, 2.05) is 0 Å². The van der Waals surface area contributed by atoms with Crippen LogP contribution in [0, 0.1) is 0 Å². The summed E-state index contributed by atoms with van der Waals surface area (Å²) in [4.78, 5) is 60.2. The first-order valence-electron chi connectivity index (χ1n) is 10.2. The van der Waals surface area contributed by atoms with E-state index in [0.29, 0.717) is 10.8 Å². The van der Waals surface area contributed by atoms with Gasteiger partial charge in [-0.05, 0) is 30.3 Å². The van der Waals surface area contributed by atoms with E-state index in [1.54, 1.807) is 0 Å². The molecule has 0 aliphatic carbocycles. The van der Waals surface area contributed by atoms with Crippen molar-refractivity contribution in [1.82, 2.24) is 15.2 Å². The fraction of sp³-hybridized carbons (Fsp3) is 0.238. The number of hydrogen-bond donors (Lipinski definition) is 2. The topological polar surface area (TPSA) is 163 Å². The van der Waals surface area contributed by atoms with Crippen LogP contribution in [-0.2, 0) is 28.7 Å². The zero-order valence-electron chi connectivity index (χ0n) is 18.5. The summed E-state index contributed by atoms with van der Waals surface area (Å²) in [6.07, 6.45) is 1.52. The average Bonchev–Trinajstić information content (AvgIpc) is 3.30. The number of thiazole rings is 1. The first-order valence-corrected chi connectivity index (χ1v) is 12.5. The lowest BCUT2D eigenvalue weighted by atomic mass is 10.0. The minimum atomic E-state index is -0.917. The monoisotopic (exact) mass is 551 g/mol. The molecule has 12 nitrogen and oxygen atoms in total. The van der Waals surface area contributed by atoms with E-state index in [4.69, 9.17) is 31.6 Å². The van der Waals surface area contributed by atoms with Gasteiger partial charge in [0.15, 0.2) is 10.8 Å². The highest BCUT2D eigenvalue weighted by Crippen LogP contribution is 2.37. The van der Waals surface area contributed by atoms with Crippen molar-refractivity contribution in [2.24, 2.45) is 5.16 Å². The largest absolute Gasteiger partial charge is 0.424 e. The van der Waals surface area contributed by atoms with Gasteiger partial charge in [-0.1, -0.05) is 16.8 Å². The maximum atomic E-state index is 12.8. The third kappa shape index (κ3) is 5.29. The predicted octanol–water partition coefficient (Wildman–Crippen LogP) is 1.37. The molecule has 0 unspecified atom stereocenters. The lowest BCUT2D eigenvalue weighted by Gasteiger charge is -2.48. The molecule has 0 spiro atoms. The number of nitrogens with two attached hydrogens (primary N) is 1. The van der Waals surface area contributed by atoms with Gasteiger partial charge in [-0.3, -0.25) is 14.5 Å². The molecular formula is C21H18ClN5O7S2. The van der Waals surface area contributed by atoms with Gasteiger partial charge in [0, 0.05) is 16.2 Å². The Bertz CT molecular complexity index is 1260. The fourth-order valence-electron chi connectivity index (χ4n) is 3.31. The summed E-state index contributed by atoms with van der Waals surface area (Å²) in [6.45, 7) is -0.648. The molecule has 2 amide bonds. The molecule has 188 valence electrons. The average molecular weight is 552 g/mol. The minimum absolute atomic E-state index is 0.00477. The van der Waals surface area contributed by atoms with E-state index in [9.17, 15) is 19.2 Å². The summed E-state index contributed by atoms with van der Waals surface area (Å²) in [7, 11) is 1.27. The van der Waals surface area contributed by atoms with Crippen LogP contribution in [0.5, 0.6) is 0 Å². The maximum Gasteiger partial charge on any atom is 0.357 e. The van der Waals surface area contributed by atoms with Gasteiger partial charge in [0.25, 0.3) is 11.8 Å². The molecule has 1 saturated heterocycles. The van der Waals surface area contributed by atoms with Crippen molar-refractivity contribution in [3.8, 4) is 0 Å². The van der Waals surface area contributed by atoms with E-state index in [-0.39, 0.29) is 27.8 Å². The van der Waals surface area contributed by atoms with Crippen molar-refractivity contribution in [3.63, 3.8) is 0 Å². The van der Waals surface area contributed by atoms with Gasteiger partial charge in [0.05, 0.1) is 5.56 Å². The molecular weight excluding hydrogens is 534 g/mol. The number of nitrogen functional groups attached to an aromatic ring is 1. The van der Waals surface area contributed by atoms with Gasteiger partial charge in [0.1, 0.15) is 29.9 Å². The molecule has 1 aromatic heterocycles. The van der Waals surface area contributed by atoms with Gasteiger partial charge < -0.3 is 25.4 Å². The molecule has 2 aromatic rings. The van der Waals surface area contributed by atoms with Crippen LogP contribution in [0.1, 0.15) is 16.1 Å². The first kappa shape index (κ1) is 25.5. The molecule has 2 aliphatic rings. The summed E-state index contributed by atoms with van der Waals surface area (Å²) in [5.41, 5.74) is 5.91. The van der Waals surface area contributed by atoms with Crippen LogP contribution in [0.25, 0.3) is 0 Å². The van der Waals surface area contributed by atoms with Crippen LogP contribution in [-0.4, -0.2) is 70.4 Å². The first-order chi connectivity index (χ1) is 17.3. The number of nitrogens with zero attached hydrogens (tertiary/aromatic N) is 3. The molecule has 1 aromatic carbocycles. The molecule has 1 fully saturated rings. The Kier molecular flexibility index (Phi) is 7.76. The number of fused-ring (bicyclic) bond motifs is 1. The predicted molar refractivity (Wildman–Crippen MR) is 131 cm³/mol. The third-order valence-corrected chi connectivity index (χ3v) is 7.07. The maximum absolute atomic E-state index is 12.8. The Balaban J connectivity index is 1.34. The quantitative estimate of drug-likeness (QED) is 0.161. The lowest BCUT2D eigenvalue weighted by Crippen LogP contribution is -2.70. The smallest absolute Gasteiger partial charge is 0.357 e. The number of aromatic nitrogens is 1. The van der Waals surface area contributed by atoms with Crippen LogP contribution in [0.15, 0.2) is 46.6 Å². The number of benzene rings is 1. The highest BCUT2D eigenvalue weighted by atomic mass is 35.5. The van der Waals surface area contributed by atoms with Crippen molar-refractivity contribution in [3.05, 3.63) is 57.7 Å². The number of ether oxygens (including phenoxy) is 2. The molecule has 36 heavy (non-hydrogen) atoms. The molecule has 0 bridgehead atoms. The number of carbonyl (C=O) groups excluding carboxylic acids is 4. The molecule has 0 radical (unpaired) electrons. The molecule has 15 heteroatoms. The van der Waals surface area contributed by atoms with E-state index in [2.05, 4.69) is 15.5 Å². The molecule has 0 saturated carbocycles. The Labute approximate surface area is 217 Å². The normalized spacial score (nSPS) is 18.9. The van der Waals surface area contributed by atoms with Gasteiger partial charge in [-0.15, -0.1) is 23.1 Å². The number of anilines is 1. The number of esters is 2. The van der Waals surface area contributed by atoms with Crippen molar-refractivity contribution < 1.29 is 33.5 Å². The van der Waals surface area contributed by atoms with Crippen molar-refractivity contribution >= 4 is 69.3 Å². The van der Waals surface area contributed by atoms with Gasteiger partial charge >= 0.3 is 11.9 Å². The van der Waals surface area contributed by atoms with E-state index in [0.717, 1.165) is 11.3 Å². The summed E-state index contributed by atoms with van der Waals surface area (Å²) < 4.78 is 9.97. The molecule has 3 N–H and O–H groups in total. The second-order valence-electron chi connectivity index (χ2n) is 7.15. The van der Waals surface area contributed by atoms with Crippen molar-refractivity contribution in [1.29, 1.82) is 0 Å². The zero-order chi connectivity index (χ0) is 25.8. The second kappa shape index (κ2) is 11.0. The van der Waals surface area contributed by atoms with E-state index < -0.39 is 42.0 Å². The lowest BCUT2D eigenvalue weighted by molar-refractivity contribution is -0.156.